The first-order valence-electron chi connectivity index (χ1n) is 6.77. The number of carboxylic acids is 1. The highest BCUT2D eigenvalue weighted by Gasteiger charge is 2.15. The Morgan fingerprint density at radius 2 is 1.95 bits per heavy atom. The average molecular weight is 281 g/mol. The molecule has 2 heterocycles. The molecule has 21 heavy (non-hydrogen) atoms. The van der Waals surface area contributed by atoms with Crippen molar-refractivity contribution < 1.29 is 9.90 Å². The summed E-state index contributed by atoms with van der Waals surface area (Å²) >= 11 is 0. The standard InChI is InChI=1S/C16H15N3O2/c1-3-11-10(16(20)21)8-9-13(17-11)15-18-12-6-4-5-7-14(12)19(15)2/h4-9H,3H2,1-2H3,(H,20,21). The van der Waals surface area contributed by atoms with Gasteiger partial charge in [0.1, 0.15) is 5.69 Å². The van der Waals surface area contributed by atoms with Gasteiger partial charge in [-0.3, -0.25) is 0 Å². The second-order valence-electron chi connectivity index (χ2n) is 4.83. The van der Waals surface area contributed by atoms with Crippen molar-refractivity contribution in [3.05, 3.63) is 47.7 Å². The molecule has 1 N–H and O–H groups in total. The van der Waals surface area contributed by atoms with Crippen molar-refractivity contribution >= 4 is 17.0 Å². The summed E-state index contributed by atoms with van der Waals surface area (Å²) in [6.07, 6.45) is 0.569. The van der Waals surface area contributed by atoms with Crippen LogP contribution in [0.1, 0.15) is 23.0 Å². The lowest BCUT2D eigenvalue weighted by molar-refractivity contribution is 0.0695. The van der Waals surface area contributed by atoms with E-state index in [0.717, 1.165) is 16.9 Å². The summed E-state index contributed by atoms with van der Waals surface area (Å²) in [5.74, 6) is -0.209. The molecule has 106 valence electrons. The number of nitrogens with zero attached hydrogens (tertiary/aromatic N) is 3. The van der Waals surface area contributed by atoms with Crippen molar-refractivity contribution in [2.75, 3.05) is 0 Å². The van der Waals surface area contributed by atoms with Crippen LogP contribution in [0.25, 0.3) is 22.6 Å². The van der Waals surface area contributed by atoms with Crippen LogP contribution in [0.3, 0.4) is 0 Å². The fourth-order valence-electron chi connectivity index (χ4n) is 2.46. The van der Waals surface area contributed by atoms with Crippen LogP contribution in [0.15, 0.2) is 36.4 Å². The fourth-order valence-corrected chi connectivity index (χ4v) is 2.46. The van der Waals surface area contributed by atoms with Crippen molar-refractivity contribution in [3.63, 3.8) is 0 Å². The van der Waals surface area contributed by atoms with Gasteiger partial charge in [0.25, 0.3) is 0 Å². The van der Waals surface area contributed by atoms with E-state index in [1.54, 1.807) is 12.1 Å². The number of hydrogen-bond donors (Lipinski definition) is 1. The third kappa shape index (κ3) is 2.16. The van der Waals surface area contributed by atoms with Gasteiger partial charge in [0.05, 0.1) is 22.3 Å². The number of fused-ring (bicyclic) bond motifs is 1. The molecule has 0 radical (unpaired) electrons. The number of aromatic carboxylic acids is 1. The summed E-state index contributed by atoms with van der Waals surface area (Å²) < 4.78 is 1.97. The number of rotatable bonds is 3. The first kappa shape index (κ1) is 13.3. The second kappa shape index (κ2) is 5.01. The normalized spacial score (nSPS) is 11.0. The number of aromatic nitrogens is 3. The van der Waals surface area contributed by atoms with Gasteiger partial charge in [-0.2, -0.15) is 0 Å². The van der Waals surface area contributed by atoms with Gasteiger partial charge >= 0.3 is 5.97 Å². The zero-order valence-corrected chi connectivity index (χ0v) is 11.9. The summed E-state index contributed by atoms with van der Waals surface area (Å²) in [6, 6.07) is 11.2. The van der Waals surface area contributed by atoms with Crippen LogP contribution in [-0.4, -0.2) is 25.6 Å². The number of pyridine rings is 1. The largest absolute Gasteiger partial charge is 0.478 e. The van der Waals surface area contributed by atoms with Crippen LogP contribution in [0, 0.1) is 0 Å². The molecule has 0 fully saturated rings. The Bertz CT molecular complexity index is 837. The van der Waals surface area contributed by atoms with Crippen LogP contribution < -0.4 is 0 Å². The predicted molar refractivity (Wildman–Crippen MR) is 80.3 cm³/mol. The summed E-state index contributed by atoms with van der Waals surface area (Å²) in [7, 11) is 1.93. The van der Waals surface area contributed by atoms with Crippen molar-refractivity contribution in [1.82, 2.24) is 14.5 Å². The van der Waals surface area contributed by atoms with Crippen molar-refractivity contribution in [2.24, 2.45) is 7.05 Å². The van der Waals surface area contributed by atoms with E-state index in [9.17, 15) is 4.79 Å². The van der Waals surface area contributed by atoms with Crippen LogP contribution in [0.5, 0.6) is 0 Å². The second-order valence-corrected chi connectivity index (χ2v) is 4.83. The Hall–Kier alpha value is -2.69. The van der Waals surface area contributed by atoms with Crippen molar-refractivity contribution in [1.29, 1.82) is 0 Å². The maximum atomic E-state index is 11.2. The lowest BCUT2D eigenvalue weighted by Gasteiger charge is -2.06. The van der Waals surface area contributed by atoms with Crippen LogP contribution >= 0.6 is 0 Å². The maximum absolute atomic E-state index is 11.2. The van der Waals surface area contributed by atoms with Gasteiger partial charge in [0, 0.05) is 7.05 Å². The molecule has 3 rings (SSSR count). The van der Waals surface area contributed by atoms with Gasteiger partial charge in [-0.15, -0.1) is 0 Å². The molecule has 2 aromatic heterocycles. The van der Waals surface area contributed by atoms with E-state index in [0.29, 0.717) is 17.8 Å². The van der Waals surface area contributed by atoms with Gasteiger partial charge in [-0.25, -0.2) is 14.8 Å². The average Bonchev–Trinajstić information content (AvgIpc) is 2.84. The van der Waals surface area contributed by atoms with E-state index in [2.05, 4.69) is 9.97 Å². The molecule has 0 saturated carbocycles. The molecule has 0 saturated heterocycles. The topological polar surface area (TPSA) is 68.0 Å². The van der Waals surface area contributed by atoms with E-state index < -0.39 is 5.97 Å². The Morgan fingerprint density at radius 1 is 1.19 bits per heavy atom. The molecule has 0 amide bonds. The van der Waals surface area contributed by atoms with E-state index in [1.807, 2.05) is 42.8 Å². The highest BCUT2D eigenvalue weighted by molar-refractivity contribution is 5.89. The number of carbonyl (C=O) groups is 1. The minimum atomic E-state index is -0.948. The van der Waals surface area contributed by atoms with Gasteiger partial charge in [0.2, 0.25) is 0 Å². The number of hydrogen-bond acceptors (Lipinski definition) is 3. The molecular formula is C16H15N3O2. The van der Waals surface area contributed by atoms with E-state index >= 15 is 0 Å². The monoisotopic (exact) mass is 281 g/mol. The molecule has 0 unspecified atom stereocenters. The van der Waals surface area contributed by atoms with Crippen molar-refractivity contribution in [2.45, 2.75) is 13.3 Å². The molecule has 3 aromatic rings. The highest BCUT2D eigenvalue weighted by Crippen LogP contribution is 2.23. The van der Waals surface area contributed by atoms with Crippen LogP contribution in [-0.2, 0) is 13.5 Å². The Kier molecular flexibility index (Phi) is 3.17. The van der Waals surface area contributed by atoms with E-state index in [1.165, 1.54) is 0 Å². The summed E-state index contributed by atoms with van der Waals surface area (Å²) in [4.78, 5) is 20.2. The number of benzene rings is 1. The first-order chi connectivity index (χ1) is 10.1. The van der Waals surface area contributed by atoms with Gasteiger partial charge < -0.3 is 9.67 Å². The minimum Gasteiger partial charge on any atom is -0.478 e. The number of imidazole rings is 1. The first-order valence-corrected chi connectivity index (χ1v) is 6.77. The molecule has 5 nitrogen and oxygen atoms in total. The predicted octanol–water partition coefficient (Wildman–Crippen LogP) is 2.90. The van der Waals surface area contributed by atoms with Gasteiger partial charge in [-0.1, -0.05) is 19.1 Å². The third-order valence-electron chi connectivity index (χ3n) is 3.56. The molecule has 0 aliphatic heterocycles. The summed E-state index contributed by atoms with van der Waals surface area (Å²) in [6.45, 7) is 1.90. The van der Waals surface area contributed by atoms with Gasteiger partial charge in [0.15, 0.2) is 5.82 Å². The molecule has 0 aliphatic rings. The zero-order chi connectivity index (χ0) is 15.0. The number of para-hydroxylation sites is 2. The smallest absolute Gasteiger partial charge is 0.337 e. The Labute approximate surface area is 121 Å². The number of aryl methyl sites for hydroxylation is 2. The Balaban J connectivity index is 2.19. The SMILES string of the molecule is CCc1nc(-c2nc3ccccc3n2C)ccc1C(=O)O. The molecule has 1 aromatic carbocycles. The zero-order valence-electron chi connectivity index (χ0n) is 11.9. The lowest BCUT2D eigenvalue weighted by atomic mass is 10.1. The summed E-state index contributed by atoms with van der Waals surface area (Å²) in [5, 5.41) is 9.17. The van der Waals surface area contributed by atoms with E-state index in [-0.39, 0.29) is 5.56 Å². The van der Waals surface area contributed by atoms with Crippen molar-refractivity contribution in [3.8, 4) is 11.5 Å². The van der Waals surface area contributed by atoms with Crippen LogP contribution in [0.4, 0.5) is 0 Å². The highest BCUT2D eigenvalue weighted by atomic mass is 16.4. The Morgan fingerprint density at radius 3 is 2.62 bits per heavy atom. The summed E-state index contributed by atoms with van der Waals surface area (Å²) in [5.41, 5.74) is 3.44. The quantitative estimate of drug-likeness (QED) is 0.801. The molecule has 5 heteroatoms. The number of carboxylic acid groups (broad SMARTS) is 1. The third-order valence-corrected chi connectivity index (χ3v) is 3.56. The fraction of sp³-hybridized carbons (Fsp3) is 0.188. The van der Waals surface area contributed by atoms with E-state index in [4.69, 9.17) is 5.11 Å². The maximum Gasteiger partial charge on any atom is 0.337 e. The minimum absolute atomic E-state index is 0.250. The molecule has 0 atom stereocenters. The molecular weight excluding hydrogens is 266 g/mol. The van der Waals surface area contributed by atoms with Gasteiger partial charge in [-0.05, 0) is 30.7 Å². The molecule has 0 spiro atoms. The lowest BCUT2D eigenvalue weighted by Crippen LogP contribution is -2.06. The molecule has 0 aliphatic carbocycles. The van der Waals surface area contributed by atoms with Crippen LogP contribution in [0.2, 0.25) is 0 Å². The molecule has 0 bridgehead atoms.